The Morgan fingerprint density at radius 2 is 1.58 bits per heavy atom. The number of aliphatic hydroxyl groups excluding tert-OH is 1. The molecule has 0 rings (SSSR count). The Morgan fingerprint density at radius 1 is 1.08 bits per heavy atom. The molecule has 146 valence electrons. The molecule has 0 aromatic rings. The maximum absolute atomic E-state index is 12.6. The predicted octanol–water partition coefficient (Wildman–Crippen LogP) is 2.29. The van der Waals surface area contributed by atoms with Crippen molar-refractivity contribution in [2.45, 2.75) is 59.9 Å². The second-order valence-electron chi connectivity index (χ2n) is 6.44. The van der Waals surface area contributed by atoms with Crippen LogP contribution < -0.4 is 0 Å². The molecule has 6 nitrogen and oxygen atoms in total. The van der Waals surface area contributed by atoms with Gasteiger partial charge in [0.05, 0.1) is 19.4 Å². The van der Waals surface area contributed by atoms with Crippen molar-refractivity contribution in [2.75, 3.05) is 26.0 Å². The van der Waals surface area contributed by atoms with E-state index in [0.29, 0.717) is 25.8 Å². The molecule has 0 heterocycles. The summed E-state index contributed by atoms with van der Waals surface area (Å²) in [5.41, 5.74) is -0.194. The summed E-state index contributed by atoms with van der Waals surface area (Å²) in [6.07, 6.45) is 1.46. The third-order valence-corrected chi connectivity index (χ3v) is 7.19. The highest BCUT2D eigenvalue weighted by Gasteiger charge is 2.34. The van der Waals surface area contributed by atoms with Crippen molar-refractivity contribution in [2.24, 2.45) is 11.3 Å². The van der Waals surface area contributed by atoms with Crippen LogP contribution >= 0.6 is 7.60 Å². The van der Waals surface area contributed by atoms with E-state index in [9.17, 15) is 9.67 Å². The average molecular weight is 401 g/mol. The van der Waals surface area contributed by atoms with Crippen LogP contribution in [0.4, 0.5) is 0 Å². The molecular weight excluding hydrogens is 363 g/mol. The minimum atomic E-state index is -3.06. The van der Waals surface area contributed by atoms with Gasteiger partial charge in [0.1, 0.15) is 6.29 Å². The molecule has 9 heteroatoms. The van der Waals surface area contributed by atoms with E-state index >= 15 is 0 Å². The summed E-state index contributed by atoms with van der Waals surface area (Å²) < 4.78 is 35.0. The van der Waals surface area contributed by atoms with Crippen LogP contribution in [0.25, 0.3) is 0 Å². The standard InChI is InChI=1S/C15H37O6PSi2/c1-7-18-22(17,19-8-2)10-9-13(12-16)11-15(3,4)14(20-23-5)21-24-6/h13-14,16H,7-12,23-24H2,1-6H3. The van der Waals surface area contributed by atoms with E-state index in [1.807, 2.05) is 0 Å². The average Bonchev–Trinajstić information content (AvgIpc) is 2.51. The monoisotopic (exact) mass is 400 g/mol. The molecule has 0 spiro atoms. The fourth-order valence-electron chi connectivity index (χ4n) is 2.80. The first-order valence-corrected chi connectivity index (χ1v) is 14.7. The highest BCUT2D eigenvalue weighted by molar-refractivity contribution is 7.53. The van der Waals surface area contributed by atoms with Gasteiger partial charge in [0, 0.05) is 12.0 Å². The summed E-state index contributed by atoms with van der Waals surface area (Å²) in [4.78, 5) is 0. The van der Waals surface area contributed by atoms with Gasteiger partial charge in [-0.1, -0.05) is 26.9 Å². The number of rotatable bonds is 15. The maximum atomic E-state index is 12.6. The number of hydrogen-bond donors (Lipinski definition) is 1. The van der Waals surface area contributed by atoms with E-state index in [2.05, 4.69) is 26.9 Å². The second-order valence-corrected chi connectivity index (χ2v) is 10.4. The maximum Gasteiger partial charge on any atom is 0.330 e. The largest absolute Gasteiger partial charge is 0.400 e. The van der Waals surface area contributed by atoms with Crippen molar-refractivity contribution < 1.29 is 27.6 Å². The minimum Gasteiger partial charge on any atom is -0.400 e. The SMILES string of the molecule is CCOP(=O)(CCC(CO)CC(C)(C)C(O[SiH2]C)O[SiH2]C)OCC. The summed E-state index contributed by atoms with van der Waals surface area (Å²) in [5.74, 6) is 0.0148. The summed E-state index contributed by atoms with van der Waals surface area (Å²) in [7, 11) is -4.20. The normalized spacial score (nSPS) is 16.5. The van der Waals surface area contributed by atoms with Gasteiger partial charge >= 0.3 is 7.60 Å². The molecule has 0 radical (unpaired) electrons. The quantitative estimate of drug-likeness (QED) is 0.258. The van der Waals surface area contributed by atoms with E-state index < -0.39 is 27.1 Å². The topological polar surface area (TPSA) is 74.2 Å². The van der Waals surface area contributed by atoms with Gasteiger partial charge in [-0.2, -0.15) is 0 Å². The van der Waals surface area contributed by atoms with Crippen LogP contribution in [0.3, 0.4) is 0 Å². The zero-order chi connectivity index (χ0) is 18.6. The Kier molecular flexibility index (Phi) is 13.0. The van der Waals surface area contributed by atoms with Crippen molar-refractivity contribution in [3.8, 4) is 0 Å². The van der Waals surface area contributed by atoms with Gasteiger partial charge in [-0.25, -0.2) is 0 Å². The molecule has 0 saturated heterocycles. The molecule has 0 bridgehead atoms. The predicted molar refractivity (Wildman–Crippen MR) is 104 cm³/mol. The second kappa shape index (κ2) is 12.8. The van der Waals surface area contributed by atoms with Crippen LogP contribution in [-0.2, 0) is 22.5 Å². The molecule has 0 saturated carbocycles. The molecule has 0 amide bonds. The van der Waals surface area contributed by atoms with Gasteiger partial charge < -0.3 is 23.0 Å². The lowest BCUT2D eigenvalue weighted by molar-refractivity contribution is -0.0901. The first-order valence-electron chi connectivity index (χ1n) is 9.00. The van der Waals surface area contributed by atoms with Gasteiger partial charge in [-0.3, -0.25) is 4.57 Å². The molecule has 0 aliphatic heterocycles. The molecule has 0 aliphatic carbocycles. The van der Waals surface area contributed by atoms with Crippen LogP contribution in [0.1, 0.15) is 40.5 Å². The fourth-order valence-corrected chi connectivity index (χ4v) is 6.49. The summed E-state index contributed by atoms with van der Waals surface area (Å²) in [6.45, 7) is 12.8. The third-order valence-electron chi connectivity index (χ3n) is 3.81. The van der Waals surface area contributed by atoms with Crippen LogP contribution in [0, 0.1) is 11.3 Å². The zero-order valence-corrected chi connectivity index (χ0v) is 20.0. The van der Waals surface area contributed by atoms with E-state index in [1.165, 1.54) is 0 Å². The lowest BCUT2D eigenvalue weighted by atomic mass is 9.81. The van der Waals surface area contributed by atoms with Crippen molar-refractivity contribution in [1.82, 2.24) is 0 Å². The molecule has 1 unspecified atom stereocenters. The first-order chi connectivity index (χ1) is 11.3. The van der Waals surface area contributed by atoms with Gasteiger partial charge in [0.25, 0.3) is 0 Å². The molecule has 24 heavy (non-hydrogen) atoms. The Balaban J connectivity index is 4.80. The molecular formula is C15H37O6PSi2. The number of hydrogen-bond acceptors (Lipinski definition) is 6. The summed E-state index contributed by atoms with van der Waals surface area (Å²) in [5, 5.41) is 9.75. The van der Waals surface area contributed by atoms with E-state index in [1.54, 1.807) is 13.8 Å². The third kappa shape index (κ3) is 9.24. The van der Waals surface area contributed by atoms with Crippen molar-refractivity contribution in [3.05, 3.63) is 0 Å². The molecule has 0 fully saturated rings. The van der Waals surface area contributed by atoms with Crippen molar-refractivity contribution >= 4 is 27.1 Å². The van der Waals surface area contributed by atoms with E-state index in [-0.39, 0.29) is 24.2 Å². The highest BCUT2D eigenvalue weighted by atomic mass is 31.2. The Labute approximate surface area is 152 Å². The minimum absolute atomic E-state index is 0.0148. The van der Waals surface area contributed by atoms with Crippen LogP contribution in [0.5, 0.6) is 0 Å². The van der Waals surface area contributed by atoms with E-state index in [4.69, 9.17) is 17.9 Å². The Morgan fingerprint density at radius 3 is 1.96 bits per heavy atom. The van der Waals surface area contributed by atoms with Crippen LogP contribution in [0.15, 0.2) is 0 Å². The van der Waals surface area contributed by atoms with Gasteiger partial charge in [0.15, 0.2) is 19.5 Å². The molecule has 0 aromatic carbocycles. The van der Waals surface area contributed by atoms with Gasteiger partial charge in [-0.05, 0) is 32.6 Å². The van der Waals surface area contributed by atoms with Crippen LogP contribution in [-0.4, -0.2) is 56.9 Å². The first kappa shape index (κ1) is 24.5. The molecule has 1 atom stereocenters. The summed E-state index contributed by atoms with van der Waals surface area (Å²) >= 11 is 0. The Bertz CT molecular complexity index is 354. The molecule has 0 aliphatic rings. The van der Waals surface area contributed by atoms with Crippen LogP contribution in [0.2, 0.25) is 13.1 Å². The lowest BCUT2D eigenvalue weighted by Gasteiger charge is -2.37. The molecule has 1 N–H and O–H groups in total. The fraction of sp³-hybridized carbons (Fsp3) is 1.00. The van der Waals surface area contributed by atoms with E-state index in [0.717, 1.165) is 6.42 Å². The highest BCUT2D eigenvalue weighted by Crippen LogP contribution is 2.49. The van der Waals surface area contributed by atoms with Gasteiger partial charge in [-0.15, -0.1) is 0 Å². The number of aliphatic hydroxyl groups is 1. The smallest absolute Gasteiger partial charge is 0.330 e. The molecule has 0 aromatic heterocycles. The summed E-state index contributed by atoms with van der Waals surface area (Å²) in [6, 6.07) is 0. The Hall–Kier alpha value is 0.464. The van der Waals surface area contributed by atoms with Crippen molar-refractivity contribution in [3.63, 3.8) is 0 Å². The van der Waals surface area contributed by atoms with Gasteiger partial charge in [0.2, 0.25) is 0 Å². The zero-order valence-electron chi connectivity index (χ0n) is 16.2. The lowest BCUT2D eigenvalue weighted by Crippen LogP contribution is -2.38. The van der Waals surface area contributed by atoms with Crippen molar-refractivity contribution in [1.29, 1.82) is 0 Å².